The Balaban J connectivity index is 2.07. The molecule has 1 heterocycles. The molecule has 1 aliphatic rings. The molecule has 6 nitrogen and oxygen atoms in total. The predicted molar refractivity (Wildman–Crippen MR) is 88.2 cm³/mol. The summed E-state index contributed by atoms with van der Waals surface area (Å²) in [5.41, 5.74) is 0. The van der Waals surface area contributed by atoms with Crippen LogP contribution in [0.3, 0.4) is 0 Å². The van der Waals surface area contributed by atoms with Crippen LogP contribution < -0.4 is 10.1 Å². The van der Waals surface area contributed by atoms with E-state index in [4.69, 9.17) is 16.3 Å². The summed E-state index contributed by atoms with van der Waals surface area (Å²) in [6.07, 6.45) is 1.75. The lowest BCUT2D eigenvalue weighted by molar-refractivity contribution is -0.123. The van der Waals surface area contributed by atoms with E-state index in [2.05, 4.69) is 5.32 Å². The predicted octanol–water partition coefficient (Wildman–Crippen LogP) is 2.03. The third kappa shape index (κ3) is 4.59. The van der Waals surface area contributed by atoms with Gasteiger partial charge in [0.2, 0.25) is 10.0 Å². The quantitative estimate of drug-likeness (QED) is 0.842. The molecule has 23 heavy (non-hydrogen) atoms. The molecule has 0 atom stereocenters. The highest BCUT2D eigenvalue weighted by Gasteiger charge is 2.27. The maximum atomic E-state index is 12.4. The van der Waals surface area contributed by atoms with Crippen molar-refractivity contribution in [3.05, 3.63) is 23.2 Å². The van der Waals surface area contributed by atoms with Crippen LogP contribution in [0.15, 0.2) is 23.1 Å². The van der Waals surface area contributed by atoms with E-state index in [1.54, 1.807) is 0 Å². The minimum Gasteiger partial charge on any atom is -0.482 e. The van der Waals surface area contributed by atoms with Crippen molar-refractivity contribution in [2.24, 2.45) is 0 Å². The van der Waals surface area contributed by atoms with Crippen LogP contribution in [-0.4, -0.2) is 44.4 Å². The van der Waals surface area contributed by atoms with Gasteiger partial charge in [-0.2, -0.15) is 4.31 Å². The zero-order chi connectivity index (χ0) is 17.0. The van der Waals surface area contributed by atoms with Crippen LogP contribution in [-0.2, 0) is 14.8 Å². The van der Waals surface area contributed by atoms with Crippen LogP contribution in [0.5, 0.6) is 5.75 Å². The fourth-order valence-electron chi connectivity index (χ4n) is 2.34. The Labute approximate surface area is 141 Å². The van der Waals surface area contributed by atoms with Crippen LogP contribution in [0.2, 0.25) is 5.02 Å². The van der Waals surface area contributed by atoms with Crippen LogP contribution in [0.1, 0.15) is 26.7 Å². The van der Waals surface area contributed by atoms with Crippen molar-refractivity contribution in [3.8, 4) is 5.75 Å². The van der Waals surface area contributed by atoms with Gasteiger partial charge in [-0.25, -0.2) is 8.42 Å². The third-order valence-corrected chi connectivity index (χ3v) is 5.60. The molecule has 0 bridgehead atoms. The van der Waals surface area contributed by atoms with Gasteiger partial charge in [0.05, 0.1) is 9.92 Å². The zero-order valence-electron chi connectivity index (χ0n) is 13.2. The van der Waals surface area contributed by atoms with E-state index in [1.165, 1.54) is 22.5 Å². The molecule has 0 spiro atoms. The summed E-state index contributed by atoms with van der Waals surface area (Å²) in [4.78, 5) is 11.7. The van der Waals surface area contributed by atoms with E-state index in [0.29, 0.717) is 13.1 Å². The Bertz CT molecular complexity index is 670. The lowest BCUT2D eigenvalue weighted by Crippen LogP contribution is -2.34. The average molecular weight is 361 g/mol. The van der Waals surface area contributed by atoms with Crippen molar-refractivity contribution in [2.45, 2.75) is 37.6 Å². The molecule has 1 amide bonds. The van der Waals surface area contributed by atoms with Gasteiger partial charge in [-0.15, -0.1) is 0 Å². The van der Waals surface area contributed by atoms with E-state index >= 15 is 0 Å². The van der Waals surface area contributed by atoms with Gasteiger partial charge in [-0.1, -0.05) is 11.6 Å². The van der Waals surface area contributed by atoms with Gasteiger partial charge in [0.1, 0.15) is 5.75 Å². The first-order valence-electron chi connectivity index (χ1n) is 7.52. The van der Waals surface area contributed by atoms with Crippen molar-refractivity contribution in [3.63, 3.8) is 0 Å². The number of hydrogen-bond donors (Lipinski definition) is 1. The normalized spacial score (nSPS) is 15.8. The first kappa shape index (κ1) is 18.0. The van der Waals surface area contributed by atoms with Gasteiger partial charge in [-0.05, 0) is 44.9 Å². The molecule has 0 aromatic heterocycles. The Hall–Kier alpha value is -1.31. The maximum Gasteiger partial charge on any atom is 0.258 e. The number of ether oxygens (including phenoxy) is 1. The second-order valence-electron chi connectivity index (χ2n) is 5.71. The van der Waals surface area contributed by atoms with Crippen molar-refractivity contribution in [1.29, 1.82) is 0 Å². The lowest BCUT2D eigenvalue weighted by Gasteiger charge is -2.16. The summed E-state index contributed by atoms with van der Waals surface area (Å²) in [5, 5.41) is 2.86. The van der Waals surface area contributed by atoms with E-state index in [1.807, 2.05) is 13.8 Å². The number of carbonyl (C=O) groups is 1. The summed E-state index contributed by atoms with van der Waals surface area (Å²) < 4.78 is 31.7. The van der Waals surface area contributed by atoms with Crippen molar-refractivity contribution >= 4 is 27.5 Å². The van der Waals surface area contributed by atoms with E-state index < -0.39 is 10.0 Å². The molecule has 2 rings (SSSR count). The number of nitrogens with one attached hydrogen (secondary N) is 1. The highest BCUT2D eigenvalue weighted by Crippen LogP contribution is 2.29. The Kier molecular flexibility index (Phi) is 5.89. The Morgan fingerprint density at radius 3 is 2.57 bits per heavy atom. The minimum atomic E-state index is -3.51. The van der Waals surface area contributed by atoms with Gasteiger partial charge in [-0.3, -0.25) is 4.79 Å². The number of amides is 1. The largest absolute Gasteiger partial charge is 0.482 e. The molecule has 1 saturated heterocycles. The lowest BCUT2D eigenvalue weighted by atomic mass is 10.3. The number of sulfonamides is 1. The number of carbonyl (C=O) groups excluding carboxylic acids is 1. The van der Waals surface area contributed by atoms with Crippen molar-refractivity contribution < 1.29 is 17.9 Å². The van der Waals surface area contributed by atoms with Gasteiger partial charge in [0, 0.05) is 19.1 Å². The van der Waals surface area contributed by atoms with Gasteiger partial charge >= 0.3 is 0 Å². The van der Waals surface area contributed by atoms with Crippen molar-refractivity contribution in [1.82, 2.24) is 9.62 Å². The molecule has 1 aromatic rings. The monoisotopic (exact) mass is 360 g/mol. The molecule has 0 saturated carbocycles. The van der Waals surface area contributed by atoms with E-state index in [-0.39, 0.29) is 34.2 Å². The number of rotatable bonds is 6. The molecule has 1 aliphatic heterocycles. The van der Waals surface area contributed by atoms with Crippen LogP contribution in [0.25, 0.3) is 0 Å². The smallest absolute Gasteiger partial charge is 0.258 e. The summed E-state index contributed by atoms with van der Waals surface area (Å²) >= 11 is 6.09. The summed E-state index contributed by atoms with van der Waals surface area (Å²) in [5.74, 6) is 0.0239. The first-order chi connectivity index (χ1) is 10.8. The fourth-order valence-corrected chi connectivity index (χ4v) is 4.19. The SMILES string of the molecule is CC(C)NC(=O)COc1ccc(S(=O)(=O)N2CCCC2)cc1Cl. The van der Waals surface area contributed by atoms with Gasteiger partial charge < -0.3 is 10.1 Å². The highest BCUT2D eigenvalue weighted by molar-refractivity contribution is 7.89. The topological polar surface area (TPSA) is 75.7 Å². The summed E-state index contributed by atoms with van der Waals surface area (Å²) in [6, 6.07) is 4.32. The van der Waals surface area contributed by atoms with Gasteiger partial charge in [0.25, 0.3) is 5.91 Å². The molecule has 0 aliphatic carbocycles. The average Bonchev–Trinajstić information content (AvgIpc) is 3.00. The minimum absolute atomic E-state index is 0.0227. The van der Waals surface area contributed by atoms with Crippen LogP contribution in [0, 0.1) is 0 Å². The molecular formula is C15H21ClN2O4S. The molecule has 0 unspecified atom stereocenters. The van der Waals surface area contributed by atoms with Crippen molar-refractivity contribution in [2.75, 3.05) is 19.7 Å². The van der Waals surface area contributed by atoms with Crippen LogP contribution in [0.4, 0.5) is 0 Å². The summed E-state index contributed by atoms with van der Waals surface area (Å²) in [7, 11) is -3.51. The number of halogens is 1. The van der Waals surface area contributed by atoms with E-state index in [0.717, 1.165) is 12.8 Å². The summed E-state index contributed by atoms with van der Waals surface area (Å²) in [6.45, 7) is 4.60. The molecular weight excluding hydrogens is 340 g/mol. The molecule has 0 radical (unpaired) electrons. The third-order valence-electron chi connectivity index (χ3n) is 3.41. The second-order valence-corrected chi connectivity index (χ2v) is 8.06. The molecule has 1 aromatic carbocycles. The second kappa shape index (κ2) is 7.51. The first-order valence-corrected chi connectivity index (χ1v) is 9.34. The Morgan fingerprint density at radius 1 is 1.35 bits per heavy atom. The Morgan fingerprint density at radius 2 is 2.00 bits per heavy atom. The molecule has 8 heteroatoms. The molecule has 1 fully saturated rings. The maximum absolute atomic E-state index is 12.4. The fraction of sp³-hybridized carbons (Fsp3) is 0.533. The molecule has 1 N–H and O–H groups in total. The van der Waals surface area contributed by atoms with E-state index in [9.17, 15) is 13.2 Å². The zero-order valence-corrected chi connectivity index (χ0v) is 14.8. The van der Waals surface area contributed by atoms with Crippen LogP contribution >= 0.6 is 11.6 Å². The number of benzene rings is 1. The molecule has 128 valence electrons. The standard InChI is InChI=1S/C15H21ClN2O4S/c1-11(2)17-15(19)10-22-14-6-5-12(9-13(14)16)23(20,21)18-7-3-4-8-18/h5-6,9,11H,3-4,7-8,10H2,1-2H3,(H,17,19). The number of nitrogens with zero attached hydrogens (tertiary/aromatic N) is 1. The highest BCUT2D eigenvalue weighted by atomic mass is 35.5. The number of hydrogen-bond acceptors (Lipinski definition) is 4. The van der Waals surface area contributed by atoms with Gasteiger partial charge in [0.15, 0.2) is 6.61 Å².